The zero-order valence-corrected chi connectivity index (χ0v) is 17.4. The highest BCUT2D eigenvalue weighted by Gasteiger charge is 2.44. The molecule has 2 aliphatic rings. The second-order valence-electron chi connectivity index (χ2n) is 6.80. The molecule has 0 spiro atoms. The molecule has 0 bridgehead atoms. The number of unbranched alkanes of at least 4 members (excludes halogenated alkanes) is 3. The summed E-state index contributed by atoms with van der Waals surface area (Å²) in [6.45, 7) is 4.13. The number of rotatable bonds is 7. The second-order valence-corrected chi connectivity index (χ2v) is 8.44. The van der Waals surface area contributed by atoms with Gasteiger partial charge in [0.15, 0.2) is 0 Å². The maximum atomic E-state index is 13.2. The highest BCUT2D eigenvalue weighted by atomic mass is 32.2. The average molecular weight is 419 g/mol. The quantitative estimate of drug-likeness (QED) is 0.414. The molecule has 2 amide bonds. The standard InChI is InChI=1S/C20H22N2O4S2/c1-3-4-5-8-11-21-14-10-7-6-9-13(14)15(17(21)23)16-18(24)22(20(27)28-16)12(2)19(25)26/h6-7,9-10,12H,3-5,8,11H2,1-2H3,(H,25,26)/b16-15-/t12-/m1/s1. The Labute approximate surface area is 173 Å². The van der Waals surface area contributed by atoms with Gasteiger partial charge in [0.05, 0.1) is 16.2 Å². The first-order valence-corrected chi connectivity index (χ1v) is 10.5. The highest BCUT2D eigenvalue weighted by molar-refractivity contribution is 8.26. The van der Waals surface area contributed by atoms with E-state index in [0.29, 0.717) is 17.7 Å². The molecule has 1 saturated heterocycles. The van der Waals surface area contributed by atoms with Crippen LogP contribution in [0.4, 0.5) is 5.69 Å². The number of aliphatic carboxylic acids is 1. The summed E-state index contributed by atoms with van der Waals surface area (Å²) in [6.07, 6.45) is 4.15. The lowest BCUT2D eigenvalue weighted by molar-refractivity contribution is -0.144. The van der Waals surface area contributed by atoms with Crippen LogP contribution in [0.5, 0.6) is 0 Å². The Hall–Kier alpha value is -2.19. The summed E-state index contributed by atoms with van der Waals surface area (Å²) >= 11 is 6.24. The van der Waals surface area contributed by atoms with E-state index >= 15 is 0 Å². The third-order valence-corrected chi connectivity index (χ3v) is 6.33. The van der Waals surface area contributed by atoms with E-state index in [2.05, 4.69) is 6.92 Å². The molecule has 6 nitrogen and oxygen atoms in total. The van der Waals surface area contributed by atoms with Crippen molar-refractivity contribution >= 4 is 57.3 Å². The smallest absolute Gasteiger partial charge is 0.326 e. The lowest BCUT2D eigenvalue weighted by Gasteiger charge is -2.19. The molecule has 0 aromatic heterocycles. The summed E-state index contributed by atoms with van der Waals surface area (Å²) in [7, 11) is 0. The van der Waals surface area contributed by atoms with Crippen LogP contribution in [0.3, 0.4) is 0 Å². The van der Waals surface area contributed by atoms with E-state index in [0.717, 1.165) is 48.0 Å². The Morgan fingerprint density at radius 3 is 2.57 bits per heavy atom. The van der Waals surface area contributed by atoms with E-state index in [4.69, 9.17) is 12.2 Å². The van der Waals surface area contributed by atoms with Crippen molar-refractivity contribution in [1.29, 1.82) is 0 Å². The van der Waals surface area contributed by atoms with Crippen LogP contribution in [0.1, 0.15) is 45.1 Å². The van der Waals surface area contributed by atoms with Gasteiger partial charge < -0.3 is 10.0 Å². The van der Waals surface area contributed by atoms with E-state index in [1.54, 1.807) is 4.90 Å². The summed E-state index contributed by atoms with van der Waals surface area (Å²) < 4.78 is 0.161. The number of carbonyl (C=O) groups is 3. The number of carboxylic acids is 1. The third kappa shape index (κ3) is 3.58. The summed E-state index contributed by atoms with van der Waals surface area (Å²) in [5.74, 6) is -1.88. The number of nitrogens with zero attached hydrogens (tertiary/aromatic N) is 2. The minimum Gasteiger partial charge on any atom is -0.480 e. The van der Waals surface area contributed by atoms with Crippen molar-refractivity contribution in [2.24, 2.45) is 0 Å². The Morgan fingerprint density at radius 2 is 1.89 bits per heavy atom. The second kappa shape index (κ2) is 8.45. The summed E-state index contributed by atoms with van der Waals surface area (Å²) in [4.78, 5) is 40.5. The van der Waals surface area contributed by atoms with Gasteiger partial charge in [-0.25, -0.2) is 4.79 Å². The number of anilines is 1. The molecule has 1 N–H and O–H groups in total. The zero-order valence-electron chi connectivity index (χ0n) is 15.8. The number of amides is 2. The molecule has 2 aliphatic heterocycles. The number of benzene rings is 1. The van der Waals surface area contributed by atoms with Crippen molar-refractivity contribution in [2.45, 2.75) is 45.6 Å². The molecule has 2 heterocycles. The van der Waals surface area contributed by atoms with Gasteiger partial charge in [-0.15, -0.1) is 0 Å². The average Bonchev–Trinajstić information content (AvgIpc) is 3.11. The minimum absolute atomic E-state index is 0.161. The van der Waals surface area contributed by atoms with Crippen molar-refractivity contribution in [1.82, 2.24) is 4.90 Å². The van der Waals surface area contributed by atoms with Gasteiger partial charge in [-0.1, -0.05) is 68.4 Å². The molecular formula is C20H22N2O4S2. The maximum Gasteiger partial charge on any atom is 0.326 e. The number of carboxylic acid groups (broad SMARTS) is 1. The van der Waals surface area contributed by atoms with Crippen molar-refractivity contribution in [3.8, 4) is 0 Å². The lowest BCUT2D eigenvalue weighted by Crippen LogP contribution is -2.41. The van der Waals surface area contributed by atoms with Crippen LogP contribution in [0.15, 0.2) is 29.2 Å². The van der Waals surface area contributed by atoms with Gasteiger partial charge in [0, 0.05) is 12.1 Å². The Kier molecular flexibility index (Phi) is 6.20. The molecule has 0 saturated carbocycles. The minimum atomic E-state index is -1.14. The van der Waals surface area contributed by atoms with Crippen molar-refractivity contribution in [3.05, 3.63) is 34.7 Å². The Bertz CT molecular complexity index is 881. The highest BCUT2D eigenvalue weighted by Crippen LogP contribution is 2.45. The Morgan fingerprint density at radius 1 is 1.18 bits per heavy atom. The van der Waals surface area contributed by atoms with E-state index < -0.39 is 17.9 Å². The summed E-state index contributed by atoms with van der Waals surface area (Å²) in [5.41, 5.74) is 1.81. The molecule has 0 radical (unpaired) electrons. The van der Waals surface area contributed by atoms with E-state index in [1.165, 1.54) is 6.92 Å². The first-order chi connectivity index (χ1) is 13.4. The van der Waals surface area contributed by atoms with Crippen LogP contribution in [0, 0.1) is 0 Å². The molecule has 3 rings (SSSR count). The van der Waals surface area contributed by atoms with Gasteiger partial charge in [-0.05, 0) is 19.4 Å². The van der Waals surface area contributed by atoms with Gasteiger partial charge in [0.2, 0.25) is 0 Å². The largest absolute Gasteiger partial charge is 0.480 e. The first kappa shape index (κ1) is 20.5. The zero-order chi connectivity index (χ0) is 20.4. The van der Waals surface area contributed by atoms with Crippen molar-refractivity contribution < 1.29 is 19.5 Å². The SMILES string of the molecule is CCCCCCN1C(=O)/C(=C2\SC(=S)N([C@H](C)C(=O)O)C2=O)c2ccccc21. The number of thiocarbonyl (C=S) groups is 1. The van der Waals surface area contributed by atoms with Crippen molar-refractivity contribution in [3.63, 3.8) is 0 Å². The fourth-order valence-electron chi connectivity index (χ4n) is 3.39. The molecule has 1 aromatic carbocycles. The van der Waals surface area contributed by atoms with Gasteiger partial charge in [-0.2, -0.15) is 0 Å². The first-order valence-electron chi connectivity index (χ1n) is 9.32. The molecule has 28 heavy (non-hydrogen) atoms. The number of fused-ring (bicyclic) bond motifs is 1. The van der Waals surface area contributed by atoms with Crippen LogP contribution >= 0.6 is 24.0 Å². The number of thioether (sulfide) groups is 1. The van der Waals surface area contributed by atoms with Crippen LogP contribution in [-0.4, -0.2) is 44.7 Å². The number of hydrogen-bond donors (Lipinski definition) is 1. The third-order valence-electron chi connectivity index (χ3n) is 4.93. The van der Waals surface area contributed by atoms with Crippen LogP contribution < -0.4 is 4.90 Å². The van der Waals surface area contributed by atoms with Gasteiger partial charge in [-0.3, -0.25) is 14.5 Å². The predicted molar refractivity (Wildman–Crippen MR) is 114 cm³/mol. The molecule has 1 fully saturated rings. The molecule has 8 heteroatoms. The number of hydrogen-bond acceptors (Lipinski definition) is 5. The van der Waals surface area contributed by atoms with Crippen LogP contribution in [0.2, 0.25) is 0 Å². The molecule has 1 aromatic rings. The molecular weight excluding hydrogens is 396 g/mol. The Balaban J connectivity index is 1.98. The van der Waals surface area contributed by atoms with Gasteiger partial charge >= 0.3 is 5.97 Å². The maximum absolute atomic E-state index is 13.2. The van der Waals surface area contributed by atoms with E-state index in [-0.39, 0.29) is 15.1 Å². The van der Waals surface area contributed by atoms with Crippen LogP contribution in [0.25, 0.3) is 5.57 Å². The van der Waals surface area contributed by atoms with Gasteiger partial charge in [0.25, 0.3) is 11.8 Å². The summed E-state index contributed by atoms with van der Waals surface area (Å²) in [5, 5.41) is 9.27. The van der Waals surface area contributed by atoms with Crippen LogP contribution in [-0.2, 0) is 14.4 Å². The number of carbonyl (C=O) groups excluding carboxylic acids is 2. The topological polar surface area (TPSA) is 77.9 Å². The number of para-hydroxylation sites is 1. The molecule has 0 aliphatic carbocycles. The van der Waals surface area contributed by atoms with E-state index in [1.807, 2.05) is 24.3 Å². The van der Waals surface area contributed by atoms with Gasteiger partial charge in [0.1, 0.15) is 10.4 Å². The predicted octanol–water partition coefficient (Wildman–Crippen LogP) is 3.66. The fourth-order valence-corrected chi connectivity index (χ4v) is 4.88. The monoisotopic (exact) mass is 418 g/mol. The normalized spacial score (nSPS) is 20.1. The molecule has 1 atom stereocenters. The molecule has 0 unspecified atom stereocenters. The summed E-state index contributed by atoms with van der Waals surface area (Å²) in [6, 6.07) is 6.31. The lowest BCUT2D eigenvalue weighted by atomic mass is 10.1. The van der Waals surface area contributed by atoms with E-state index in [9.17, 15) is 19.5 Å². The van der Waals surface area contributed by atoms with Crippen molar-refractivity contribution in [2.75, 3.05) is 11.4 Å². The fraction of sp³-hybridized carbons (Fsp3) is 0.400. The molecule has 148 valence electrons.